The lowest BCUT2D eigenvalue weighted by atomic mass is 9.85. The lowest BCUT2D eigenvalue weighted by Crippen LogP contribution is -2.31. The minimum Gasteiger partial charge on any atom is -0.503 e. The van der Waals surface area contributed by atoms with Crippen LogP contribution >= 0.6 is 15.9 Å². The van der Waals surface area contributed by atoms with E-state index in [4.69, 9.17) is 4.42 Å². The van der Waals surface area contributed by atoms with Crippen molar-refractivity contribution in [2.75, 3.05) is 23.9 Å². The number of furan rings is 1. The predicted molar refractivity (Wildman–Crippen MR) is 154 cm³/mol. The Hall–Kier alpha value is -3.84. The molecule has 1 amide bonds. The van der Waals surface area contributed by atoms with Crippen molar-refractivity contribution in [2.24, 2.45) is 0 Å². The number of aliphatic hydroxyl groups excluding tert-OH is 1. The summed E-state index contributed by atoms with van der Waals surface area (Å²) in [5, 5.41) is 11.9. The maximum absolute atomic E-state index is 13.9. The Morgan fingerprint density at radius 2 is 1.63 bits per heavy atom. The molecule has 2 heterocycles. The zero-order chi connectivity index (χ0) is 27.4. The second-order valence-electron chi connectivity index (χ2n) is 10.7. The Labute approximate surface area is 230 Å². The molecule has 3 aromatic carbocycles. The molecule has 1 aliphatic rings. The van der Waals surface area contributed by atoms with Gasteiger partial charge in [0.2, 0.25) is 5.78 Å². The van der Waals surface area contributed by atoms with Gasteiger partial charge in [-0.15, -0.1) is 0 Å². The number of ketones is 1. The molecule has 0 spiro atoms. The number of hydrogen-bond acceptors (Lipinski definition) is 5. The number of halogens is 1. The van der Waals surface area contributed by atoms with E-state index in [0.29, 0.717) is 16.8 Å². The molecule has 6 nitrogen and oxygen atoms in total. The van der Waals surface area contributed by atoms with Crippen molar-refractivity contribution in [1.82, 2.24) is 0 Å². The number of anilines is 2. The Morgan fingerprint density at radius 1 is 0.974 bits per heavy atom. The van der Waals surface area contributed by atoms with Crippen LogP contribution in [-0.4, -0.2) is 30.9 Å². The summed E-state index contributed by atoms with van der Waals surface area (Å²) in [6.07, 6.45) is 0. The third kappa shape index (κ3) is 4.52. The first kappa shape index (κ1) is 25.8. The van der Waals surface area contributed by atoms with Gasteiger partial charge >= 0.3 is 0 Å². The van der Waals surface area contributed by atoms with E-state index in [2.05, 4.69) is 36.7 Å². The number of hydrogen-bond donors (Lipinski definition) is 1. The summed E-state index contributed by atoms with van der Waals surface area (Å²) < 4.78 is 6.71. The molecule has 0 bridgehead atoms. The standard InChI is InChI=1S/C31H29BrN2O4/c1-31(2,3)20-8-6-18(7-9-20)27-26(28(35)25-17-19-16-21(32)10-15-24(19)38-25)29(36)30(37)34(27)23-13-11-22(12-14-23)33(4)5/h6-17,27,36H,1-5H3. The highest BCUT2D eigenvalue weighted by molar-refractivity contribution is 9.10. The molecule has 4 aromatic rings. The smallest absolute Gasteiger partial charge is 0.294 e. The number of amides is 1. The Kier molecular flexibility index (Phi) is 6.43. The molecule has 0 radical (unpaired) electrons. The highest BCUT2D eigenvalue weighted by atomic mass is 79.9. The van der Waals surface area contributed by atoms with E-state index in [9.17, 15) is 14.7 Å². The highest BCUT2D eigenvalue weighted by Crippen LogP contribution is 2.43. The normalized spacial score (nSPS) is 16.0. The molecule has 0 aliphatic carbocycles. The first-order valence-corrected chi connectivity index (χ1v) is 13.1. The number of aliphatic hydroxyl groups is 1. The second-order valence-corrected chi connectivity index (χ2v) is 11.7. The number of nitrogens with zero attached hydrogens (tertiary/aromatic N) is 2. The third-order valence-corrected chi connectivity index (χ3v) is 7.38. The van der Waals surface area contributed by atoms with Crippen LogP contribution in [0.1, 0.15) is 48.5 Å². The van der Waals surface area contributed by atoms with Crippen LogP contribution in [0, 0.1) is 0 Å². The summed E-state index contributed by atoms with van der Waals surface area (Å²) >= 11 is 3.44. The van der Waals surface area contributed by atoms with E-state index in [0.717, 1.165) is 21.1 Å². The molecule has 5 rings (SSSR count). The first-order valence-electron chi connectivity index (χ1n) is 12.3. The minimum atomic E-state index is -0.825. The molecular formula is C31H29BrN2O4. The van der Waals surface area contributed by atoms with Crippen LogP contribution in [0.2, 0.25) is 0 Å². The van der Waals surface area contributed by atoms with Crippen molar-refractivity contribution in [1.29, 1.82) is 0 Å². The van der Waals surface area contributed by atoms with E-state index in [1.54, 1.807) is 12.1 Å². The van der Waals surface area contributed by atoms with Gasteiger partial charge in [-0.2, -0.15) is 0 Å². The lowest BCUT2D eigenvalue weighted by Gasteiger charge is -2.28. The molecule has 0 saturated carbocycles. The fourth-order valence-electron chi connectivity index (χ4n) is 4.75. The van der Waals surface area contributed by atoms with Gasteiger partial charge in [0, 0.05) is 35.3 Å². The average Bonchev–Trinajstić information content (AvgIpc) is 3.41. The summed E-state index contributed by atoms with van der Waals surface area (Å²) in [7, 11) is 3.87. The number of Topliss-reactive ketones (excluding diaryl/α,β-unsaturated/α-hetero) is 1. The van der Waals surface area contributed by atoms with E-state index in [-0.39, 0.29) is 16.7 Å². The van der Waals surface area contributed by atoms with E-state index in [1.807, 2.05) is 79.7 Å². The van der Waals surface area contributed by atoms with Crippen molar-refractivity contribution in [3.8, 4) is 0 Å². The molecule has 0 fully saturated rings. The van der Waals surface area contributed by atoms with Crippen LogP contribution in [0.3, 0.4) is 0 Å². The summed E-state index contributed by atoms with van der Waals surface area (Å²) in [4.78, 5) is 30.8. The number of benzene rings is 3. The van der Waals surface area contributed by atoms with E-state index < -0.39 is 23.5 Å². The van der Waals surface area contributed by atoms with Gasteiger partial charge in [-0.1, -0.05) is 61.0 Å². The zero-order valence-electron chi connectivity index (χ0n) is 21.9. The maximum atomic E-state index is 13.9. The van der Waals surface area contributed by atoms with Gasteiger partial charge in [0.05, 0.1) is 11.6 Å². The fourth-order valence-corrected chi connectivity index (χ4v) is 5.13. The van der Waals surface area contributed by atoms with Gasteiger partial charge in [0.15, 0.2) is 11.5 Å². The Morgan fingerprint density at radius 3 is 2.24 bits per heavy atom. The topological polar surface area (TPSA) is 74.0 Å². The van der Waals surface area contributed by atoms with Gasteiger partial charge in [-0.05, 0) is 65.1 Å². The summed E-state index contributed by atoms with van der Waals surface area (Å²) in [5.41, 5.74) is 3.86. The van der Waals surface area contributed by atoms with Crippen LogP contribution in [-0.2, 0) is 10.2 Å². The van der Waals surface area contributed by atoms with Crippen LogP contribution in [0.25, 0.3) is 11.0 Å². The molecule has 194 valence electrons. The molecule has 1 atom stereocenters. The molecule has 0 saturated heterocycles. The molecule has 1 aromatic heterocycles. The minimum absolute atomic E-state index is 0.00619. The SMILES string of the molecule is CN(C)c1ccc(N2C(=O)C(O)=C(C(=O)c3cc4cc(Br)ccc4o3)C2c2ccc(C(C)(C)C)cc2)cc1. The van der Waals surface area contributed by atoms with Gasteiger partial charge in [-0.3, -0.25) is 14.5 Å². The van der Waals surface area contributed by atoms with Crippen molar-refractivity contribution >= 4 is 50.0 Å². The van der Waals surface area contributed by atoms with Gasteiger partial charge in [0.25, 0.3) is 5.91 Å². The number of fused-ring (bicyclic) bond motifs is 1. The maximum Gasteiger partial charge on any atom is 0.294 e. The summed E-state index contributed by atoms with van der Waals surface area (Å²) in [5.74, 6) is -1.66. The van der Waals surface area contributed by atoms with E-state index in [1.165, 1.54) is 4.90 Å². The quantitative estimate of drug-likeness (QED) is 0.253. The van der Waals surface area contributed by atoms with Crippen LogP contribution in [0.4, 0.5) is 11.4 Å². The van der Waals surface area contributed by atoms with E-state index >= 15 is 0 Å². The molecule has 1 unspecified atom stereocenters. The molecular weight excluding hydrogens is 544 g/mol. The average molecular weight is 573 g/mol. The monoisotopic (exact) mass is 572 g/mol. The number of carbonyl (C=O) groups is 2. The lowest BCUT2D eigenvalue weighted by molar-refractivity contribution is -0.117. The Balaban J connectivity index is 1.63. The molecule has 7 heteroatoms. The fraction of sp³-hybridized carbons (Fsp3) is 0.226. The largest absolute Gasteiger partial charge is 0.503 e. The number of carbonyl (C=O) groups excluding carboxylic acids is 2. The second kappa shape index (κ2) is 9.48. The van der Waals surface area contributed by atoms with Crippen molar-refractivity contribution in [3.05, 3.63) is 105 Å². The van der Waals surface area contributed by atoms with Crippen LogP contribution in [0.15, 0.2) is 93.0 Å². The van der Waals surface area contributed by atoms with Crippen molar-refractivity contribution in [2.45, 2.75) is 32.2 Å². The molecule has 38 heavy (non-hydrogen) atoms. The van der Waals surface area contributed by atoms with Crippen LogP contribution in [0.5, 0.6) is 0 Å². The Bertz CT molecular complexity index is 1580. The van der Waals surface area contributed by atoms with Gasteiger partial charge < -0.3 is 14.4 Å². The number of rotatable bonds is 5. The summed E-state index contributed by atoms with van der Waals surface area (Å²) in [6, 6.07) is 21.6. The highest BCUT2D eigenvalue weighted by Gasteiger charge is 2.45. The van der Waals surface area contributed by atoms with Crippen molar-refractivity contribution < 1.29 is 19.1 Å². The third-order valence-electron chi connectivity index (χ3n) is 6.89. The first-order chi connectivity index (χ1) is 18.0. The van der Waals surface area contributed by atoms with Gasteiger partial charge in [0.1, 0.15) is 5.58 Å². The van der Waals surface area contributed by atoms with Crippen LogP contribution < -0.4 is 9.80 Å². The zero-order valence-corrected chi connectivity index (χ0v) is 23.5. The van der Waals surface area contributed by atoms with Crippen molar-refractivity contribution in [3.63, 3.8) is 0 Å². The molecule has 1 aliphatic heterocycles. The predicted octanol–water partition coefficient (Wildman–Crippen LogP) is 7.34. The van der Waals surface area contributed by atoms with Gasteiger partial charge in [-0.25, -0.2) is 0 Å². The molecule has 1 N–H and O–H groups in total. The summed E-state index contributed by atoms with van der Waals surface area (Å²) in [6.45, 7) is 6.38.